The van der Waals surface area contributed by atoms with Crippen LogP contribution < -0.4 is 10.5 Å². The first kappa shape index (κ1) is 11.3. The highest BCUT2D eigenvalue weighted by Gasteiger charge is 2.38. The largest absolute Gasteiger partial charge is 0.507 e. The van der Waals surface area contributed by atoms with Gasteiger partial charge in [0.1, 0.15) is 11.5 Å². The average Bonchev–Trinajstić information content (AvgIpc) is 2.21. The standard InChI is InChI=1S/C13H19NO2/c1-8-7-10(16-3)9(2)12(15)11(8)13(14)5-4-6-13/h7,15H,4-6,14H2,1-3H3. The van der Waals surface area contributed by atoms with E-state index in [2.05, 4.69) is 0 Å². The minimum atomic E-state index is -0.328. The number of aryl methyl sites for hydroxylation is 1. The van der Waals surface area contributed by atoms with Gasteiger partial charge < -0.3 is 15.6 Å². The van der Waals surface area contributed by atoms with E-state index in [4.69, 9.17) is 10.5 Å². The van der Waals surface area contributed by atoms with Crippen LogP contribution in [0.1, 0.15) is 36.0 Å². The molecule has 1 aliphatic carbocycles. The number of aromatic hydroxyl groups is 1. The van der Waals surface area contributed by atoms with E-state index in [-0.39, 0.29) is 5.54 Å². The van der Waals surface area contributed by atoms with Crippen molar-refractivity contribution in [2.75, 3.05) is 7.11 Å². The molecule has 0 atom stereocenters. The zero-order valence-electron chi connectivity index (χ0n) is 10.1. The number of benzene rings is 1. The second-order valence-corrected chi connectivity index (χ2v) is 4.75. The Kier molecular flexibility index (Phi) is 2.58. The molecule has 1 aliphatic rings. The summed E-state index contributed by atoms with van der Waals surface area (Å²) >= 11 is 0. The minimum absolute atomic E-state index is 0.305. The third-order valence-corrected chi connectivity index (χ3v) is 3.67. The lowest BCUT2D eigenvalue weighted by Crippen LogP contribution is -2.44. The molecular formula is C13H19NO2. The molecule has 3 nitrogen and oxygen atoms in total. The van der Waals surface area contributed by atoms with Crippen LogP contribution in [0.4, 0.5) is 0 Å². The maximum Gasteiger partial charge on any atom is 0.127 e. The molecule has 0 aromatic heterocycles. The predicted molar refractivity (Wildman–Crippen MR) is 63.8 cm³/mol. The molecule has 3 heteroatoms. The van der Waals surface area contributed by atoms with Crippen molar-refractivity contribution in [3.63, 3.8) is 0 Å². The highest BCUT2D eigenvalue weighted by atomic mass is 16.5. The van der Waals surface area contributed by atoms with Gasteiger partial charge in [-0.2, -0.15) is 0 Å². The van der Waals surface area contributed by atoms with Crippen molar-refractivity contribution in [1.82, 2.24) is 0 Å². The van der Waals surface area contributed by atoms with Crippen LogP contribution in [0.5, 0.6) is 11.5 Å². The Morgan fingerprint density at radius 2 is 2.00 bits per heavy atom. The summed E-state index contributed by atoms with van der Waals surface area (Å²) in [5.41, 5.74) is 8.65. The van der Waals surface area contributed by atoms with Crippen molar-refractivity contribution in [3.8, 4) is 11.5 Å². The normalized spacial score (nSPS) is 18.0. The third kappa shape index (κ3) is 1.47. The highest BCUT2D eigenvalue weighted by Crippen LogP contribution is 2.46. The van der Waals surface area contributed by atoms with Crippen LogP contribution in [0, 0.1) is 13.8 Å². The van der Waals surface area contributed by atoms with E-state index < -0.39 is 0 Å². The van der Waals surface area contributed by atoms with E-state index in [1.807, 2.05) is 19.9 Å². The van der Waals surface area contributed by atoms with Crippen molar-refractivity contribution in [3.05, 3.63) is 22.8 Å². The quantitative estimate of drug-likeness (QED) is 0.806. The second kappa shape index (κ2) is 3.67. The van der Waals surface area contributed by atoms with Crippen LogP contribution in [0.2, 0.25) is 0 Å². The zero-order chi connectivity index (χ0) is 11.9. The van der Waals surface area contributed by atoms with Gasteiger partial charge in [0.25, 0.3) is 0 Å². The number of rotatable bonds is 2. The first-order chi connectivity index (χ1) is 7.49. The lowest BCUT2D eigenvalue weighted by molar-refractivity contribution is 0.243. The molecule has 2 rings (SSSR count). The fourth-order valence-electron chi connectivity index (χ4n) is 2.52. The van der Waals surface area contributed by atoms with Gasteiger partial charge in [-0.05, 0) is 44.7 Å². The highest BCUT2D eigenvalue weighted by molar-refractivity contribution is 5.55. The van der Waals surface area contributed by atoms with Gasteiger partial charge in [0.2, 0.25) is 0 Å². The van der Waals surface area contributed by atoms with Crippen LogP contribution in [-0.2, 0) is 5.54 Å². The maximum atomic E-state index is 10.2. The molecule has 0 amide bonds. The molecule has 0 saturated heterocycles. The molecule has 0 heterocycles. The predicted octanol–water partition coefficient (Wildman–Crippen LogP) is 2.36. The zero-order valence-corrected chi connectivity index (χ0v) is 10.1. The van der Waals surface area contributed by atoms with E-state index in [0.717, 1.165) is 41.7 Å². The molecule has 3 N–H and O–H groups in total. The Hall–Kier alpha value is -1.22. The van der Waals surface area contributed by atoms with Gasteiger partial charge in [-0.1, -0.05) is 0 Å². The number of hydrogen-bond acceptors (Lipinski definition) is 3. The topological polar surface area (TPSA) is 55.5 Å². The smallest absolute Gasteiger partial charge is 0.127 e. The fraction of sp³-hybridized carbons (Fsp3) is 0.538. The number of methoxy groups -OCH3 is 1. The number of hydrogen-bond donors (Lipinski definition) is 2. The summed E-state index contributed by atoms with van der Waals surface area (Å²) < 4.78 is 5.23. The summed E-state index contributed by atoms with van der Waals surface area (Å²) in [6.45, 7) is 3.84. The number of phenolic OH excluding ortho intramolecular Hbond substituents is 1. The van der Waals surface area contributed by atoms with Crippen LogP contribution in [0.25, 0.3) is 0 Å². The van der Waals surface area contributed by atoms with E-state index in [1.165, 1.54) is 0 Å². The Morgan fingerprint density at radius 1 is 1.38 bits per heavy atom. The van der Waals surface area contributed by atoms with Gasteiger partial charge in [0.05, 0.1) is 7.11 Å². The number of nitrogens with two attached hydrogens (primary N) is 1. The fourth-order valence-corrected chi connectivity index (χ4v) is 2.52. The van der Waals surface area contributed by atoms with Crippen LogP contribution >= 0.6 is 0 Å². The molecule has 0 radical (unpaired) electrons. The van der Waals surface area contributed by atoms with E-state index >= 15 is 0 Å². The van der Waals surface area contributed by atoms with Gasteiger partial charge in [-0.25, -0.2) is 0 Å². The minimum Gasteiger partial charge on any atom is -0.507 e. The summed E-state index contributed by atoms with van der Waals surface area (Å²) in [6.07, 6.45) is 3.04. The number of phenols is 1. The van der Waals surface area contributed by atoms with Crippen LogP contribution in [0.3, 0.4) is 0 Å². The monoisotopic (exact) mass is 221 g/mol. The van der Waals surface area contributed by atoms with Gasteiger partial charge in [-0.3, -0.25) is 0 Å². The van der Waals surface area contributed by atoms with Gasteiger partial charge in [0, 0.05) is 16.7 Å². The third-order valence-electron chi connectivity index (χ3n) is 3.67. The second-order valence-electron chi connectivity index (χ2n) is 4.75. The molecule has 0 bridgehead atoms. The average molecular weight is 221 g/mol. The lowest BCUT2D eigenvalue weighted by atomic mass is 9.70. The summed E-state index contributed by atoms with van der Waals surface area (Å²) in [7, 11) is 1.61. The van der Waals surface area contributed by atoms with Crippen LogP contribution in [0.15, 0.2) is 6.07 Å². The molecule has 0 unspecified atom stereocenters. The molecule has 0 aliphatic heterocycles. The Morgan fingerprint density at radius 3 is 2.44 bits per heavy atom. The Bertz CT molecular complexity index is 422. The molecule has 0 spiro atoms. The molecule has 16 heavy (non-hydrogen) atoms. The molecule has 1 fully saturated rings. The van der Waals surface area contributed by atoms with E-state index in [0.29, 0.717) is 5.75 Å². The summed E-state index contributed by atoms with van der Waals surface area (Å²) in [4.78, 5) is 0. The maximum absolute atomic E-state index is 10.2. The van der Waals surface area contributed by atoms with Gasteiger partial charge >= 0.3 is 0 Å². The molecule has 1 saturated carbocycles. The van der Waals surface area contributed by atoms with Gasteiger partial charge in [0.15, 0.2) is 0 Å². The summed E-state index contributed by atoms with van der Waals surface area (Å²) in [6, 6.07) is 1.96. The van der Waals surface area contributed by atoms with Crippen molar-refractivity contribution in [1.29, 1.82) is 0 Å². The van der Waals surface area contributed by atoms with Gasteiger partial charge in [-0.15, -0.1) is 0 Å². The van der Waals surface area contributed by atoms with Crippen LogP contribution in [-0.4, -0.2) is 12.2 Å². The lowest BCUT2D eigenvalue weighted by Gasteiger charge is -2.40. The number of ether oxygens (including phenoxy) is 1. The summed E-state index contributed by atoms with van der Waals surface area (Å²) in [5.74, 6) is 1.03. The SMILES string of the molecule is COc1cc(C)c(C2(N)CCC2)c(O)c1C. The summed E-state index contributed by atoms with van der Waals surface area (Å²) in [5, 5.41) is 10.2. The molecule has 1 aromatic rings. The van der Waals surface area contributed by atoms with Crippen molar-refractivity contribution in [2.24, 2.45) is 5.73 Å². The van der Waals surface area contributed by atoms with E-state index in [1.54, 1.807) is 7.11 Å². The molecular weight excluding hydrogens is 202 g/mol. The first-order valence-electron chi connectivity index (χ1n) is 5.66. The first-order valence-corrected chi connectivity index (χ1v) is 5.66. The molecule has 1 aromatic carbocycles. The molecule has 88 valence electrons. The van der Waals surface area contributed by atoms with Crippen molar-refractivity contribution < 1.29 is 9.84 Å². The Balaban J connectivity index is 2.58. The Labute approximate surface area is 96.2 Å². The van der Waals surface area contributed by atoms with Crippen molar-refractivity contribution >= 4 is 0 Å². The van der Waals surface area contributed by atoms with E-state index in [9.17, 15) is 5.11 Å². The van der Waals surface area contributed by atoms with Crippen molar-refractivity contribution in [2.45, 2.75) is 38.6 Å².